The van der Waals surface area contributed by atoms with Crippen molar-refractivity contribution < 1.29 is 19.4 Å². The van der Waals surface area contributed by atoms with Crippen molar-refractivity contribution in [2.24, 2.45) is 0 Å². The fraction of sp³-hybridized carbons (Fsp3) is 0.938. The third kappa shape index (κ3) is 9.97. The number of carbonyl (C=O) groups excluding carboxylic acids is 1. The number of nitrogens with one attached hydrogen (secondary N) is 1. The number of ether oxygens (including phenoxy) is 2. The van der Waals surface area contributed by atoms with Crippen molar-refractivity contribution >= 4 is 6.09 Å². The zero-order valence-corrected chi connectivity index (χ0v) is 15.2. The monoisotopic (exact) mass is 318 g/mol. The van der Waals surface area contributed by atoms with Crippen LogP contribution in [0.25, 0.3) is 0 Å². The summed E-state index contributed by atoms with van der Waals surface area (Å²) >= 11 is 0. The quantitative estimate of drug-likeness (QED) is 0.670. The van der Waals surface area contributed by atoms with Crippen LogP contribution in [0.15, 0.2) is 0 Å². The lowest BCUT2D eigenvalue weighted by Crippen LogP contribution is -2.50. The molecule has 0 fully saturated rings. The highest BCUT2D eigenvalue weighted by Crippen LogP contribution is 2.17. The lowest BCUT2D eigenvalue weighted by atomic mass is 10.1. The molecule has 1 amide bonds. The number of methoxy groups -OCH3 is 1. The first-order valence-corrected chi connectivity index (χ1v) is 7.85. The summed E-state index contributed by atoms with van der Waals surface area (Å²) in [5.74, 6) is 0. The minimum absolute atomic E-state index is 0.304. The molecule has 0 aliphatic rings. The van der Waals surface area contributed by atoms with Gasteiger partial charge in [-0.2, -0.15) is 0 Å². The van der Waals surface area contributed by atoms with Crippen molar-refractivity contribution in [3.8, 4) is 0 Å². The molecule has 0 saturated carbocycles. The Hall–Kier alpha value is -0.850. The van der Waals surface area contributed by atoms with Gasteiger partial charge in [-0.1, -0.05) is 0 Å². The summed E-state index contributed by atoms with van der Waals surface area (Å²) in [5.41, 5.74) is -0.808. The molecule has 0 aliphatic carbocycles. The molecule has 0 radical (unpaired) electrons. The first-order valence-electron chi connectivity index (χ1n) is 7.85. The number of amides is 1. The first kappa shape index (κ1) is 21.1. The van der Waals surface area contributed by atoms with Crippen molar-refractivity contribution in [2.75, 3.05) is 33.4 Å². The van der Waals surface area contributed by atoms with E-state index in [2.05, 4.69) is 5.32 Å². The Balaban J connectivity index is 4.26. The van der Waals surface area contributed by atoms with Crippen LogP contribution in [0.1, 0.15) is 48.0 Å². The van der Waals surface area contributed by atoms with Gasteiger partial charge in [0.15, 0.2) is 0 Å². The zero-order valence-electron chi connectivity index (χ0n) is 15.2. The second-order valence-electron chi connectivity index (χ2n) is 7.45. The first-order chi connectivity index (χ1) is 9.97. The number of aliphatic hydroxyl groups is 1. The zero-order chi connectivity index (χ0) is 17.4. The topological polar surface area (TPSA) is 71.0 Å². The van der Waals surface area contributed by atoms with Crippen LogP contribution in [-0.4, -0.2) is 66.7 Å². The largest absolute Gasteiger partial charge is 0.444 e. The third-order valence-corrected chi connectivity index (χ3v) is 2.95. The molecule has 1 atom stereocenters. The molecule has 6 heteroatoms. The smallest absolute Gasteiger partial charge is 0.410 e. The molecular formula is C16H34N2O4. The van der Waals surface area contributed by atoms with Gasteiger partial charge in [0.05, 0.1) is 12.7 Å². The van der Waals surface area contributed by atoms with E-state index in [4.69, 9.17) is 9.47 Å². The summed E-state index contributed by atoms with van der Waals surface area (Å²) in [6.07, 6.45) is -0.140. The molecule has 6 nitrogen and oxygen atoms in total. The van der Waals surface area contributed by atoms with Gasteiger partial charge in [0.2, 0.25) is 0 Å². The van der Waals surface area contributed by atoms with Gasteiger partial charge in [-0.15, -0.1) is 0 Å². The Bertz CT molecular complexity index is 321. The third-order valence-electron chi connectivity index (χ3n) is 2.95. The maximum Gasteiger partial charge on any atom is 0.410 e. The summed E-state index contributed by atoms with van der Waals surface area (Å²) in [6, 6.07) is 0. The van der Waals surface area contributed by atoms with Gasteiger partial charge in [-0.05, 0) is 54.5 Å². The summed E-state index contributed by atoms with van der Waals surface area (Å²) in [7, 11) is 1.57. The Morgan fingerprint density at radius 2 is 1.77 bits per heavy atom. The molecule has 0 saturated heterocycles. The molecular weight excluding hydrogens is 284 g/mol. The Morgan fingerprint density at radius 1 is 1.18 bits per heavy atom. The Morgan fingerprint density at radius 3 is 2.23 bits per heavy atom. The molecule has 132 valence electrons. The SMILES string of the molecule is COCC(O)CCNCCN(C(=O)OC(C)(C)C)C(C)(C)C. The van der Waals surface area contributed by atoms with Crippen LogP contribution < -0.4 is 5.32 Å². The normalized spacial score (nSPS) is 13.8. The van der Waals surface area contributed by atoms with Crippen molar-refractivity contribution in [1.29, 1.82) is 0 Å². The molecule has 0 aliphatic heterocycles. The number of hydrogen-bond acceptors (Lipinski definition) is 5. The molecule has 0 rings (SSSR count). The van der Waals surface area contributed by atoms with Crippen molar-refractivity contribution in [2.45, 2.75) is 65.2 Å². The van der Waals surface area contributed by atoms with Crippen molar-refractivity contribution in [1.82, 2.24) is 10.2 Å². The minimum Gasteiger partial charge on any atom is -0.444 e. The van der Waals surface area contributed by atoms with E-state index in [1.165, 1.54) is 0 Å². The summed E-state index contributed by atoms with van der Waals surface area (Å²) in [5, 5.41) is 12.8. The van der Waals surface area contributed by atoms with Gasteiger partial charge in [0.25, 0.3) is 0 Å². The maximum atomic E-state index is 12.3. The Labute approximate surface area is 135 Å². The molecule has 22 heavy (non-hydrogen) atoms. The van der Waals surface area contributed by atoms with E-state index < -0.39 is 11.7 Å². The molecule has 0 aromatic rings. The number of aliphatic hydroxyl groups excluding tert-OH is 1. The average Bonchev–Trinajstić information content (AvgIpc) is 2.29. The summed E-state index contributed by atoms with van der Waals surface area (Å²) in [4.78, 5) is 14.0. The van der Waals surface area contributed by atoms with Gasteiger partial charge in [-0.3, -0.25) is 0 Å². The summed E-state index contributed by atoms with van der Waals surface area (Å²) < 4.78 is 10.3. The Kier molecular flexibility index (Phi) is 8.96. The van der Waals surface area contributed by atoms with Gasteiger partial charge in [-0.25, -0.2) is 4.79 Å². The van der Waals surface area contributed by atoms with Crippen LogP contribution in [-0.2, 0) is 9.47 Å². The minimum atomic E-state index is -0.502. The molecule has 2 N–H and O–H groups in total. The predicted octanol–water partition coefficient (Wildman–Crippen LogP) is 2.01. The molecule has 0 bridgehead atoms. The lowest BCUT2D eigenvalue weighted by Gasteiger charge is -2.37. The van der Waals surface area contributed by atoms with Gasteiger partial charge in [0.1, 0.15) is 5.60 Å². The van der Waals surface area contributed by atoms with E-state index in [9.17, 15) is 9.90 Å². The number of nitrogens with zero attached hydrogens (tertiary/aromatic N) is 1. The molecule has 0 heterocycles. The molecule has 0 aromatic heterocycles. The van der Waals surface area contributed by atoms with Gasteiger partial charge in [0, 0.05) is 25.7 Å². The van der Waals surface area contributed by atoms with Crippen LogP contribution in [0, 0.1) is 0 Å². The van der Waals surface area contributed by atoms with Crippen molar-refractivity contribution in [3.63, 3.8) is 0 Å². The predicted molar refractivity (Wildman–Crippen MR) is 88.1 cm³/mol. The van der Waals surface area contributed by atoms with Gasteiger partial charge < -0.3 is 24.8 Å². The van der Waals surface area contributed by atoms with E-state index in [-0.39, 0.29) is 11.6 Å². The number of carbonyl (C=O) groups is 1. The van der Waals surface area contributed by atoms with E-state index in [1.54, 1.807) is 12.0 Å². The van der Waals surface area contributed by atoms with Gasteiger partial charge >= 0.3 is 6.09 Å². The molecule has 0 aromatic carbocycles. The fourth-order valence-electron chi connectivity index (χ4n) is 1.88. The van der Waals surface area contributed by atoms with Crippen LogP contribution >= 0.6 is 0 Å². The van der Waals surface area contributed by atoms with E-state index in [0.29, 0.717) is 32.7 Å². The standard InChI is InChI=1S/C16H34N2O4/c1-15(2,3)18(14(20)22-16(4,5)6)11-10-17-9-8-13(19)12-21-7/h13,17,19H,8-12H2,1-7H3. The number of hydrogen-bond donors (Lipinski definition) is 2. The highest BCUT2D eigenvalue weighted by atomic mass is 16.6. The van der Waals surface area contributed by atoms with Crippen LogP contribution in [0.5, 0.6) is 0 Å². The summed E-state index contributed by atoms with van der Waals surface area (Å²) in [6.45, 7) is 13.8. The molecule has 1 unspecified atom stereocenters. The van der Waals surface area contributed by atoms with E-state index >= 15 is 0 Å². The van der Waals surface area contributed by atoms with Crippen LogP contribution in [0.4, 0.5) is 4.79 Å². The highest BCUT2D eigenvalue weighted by molar-refractivity contribution is 5.69. The van der Waals surface area contributed by atoms with E-state index in [1.807, 2.05) is 41.5 Å². The van der Waals surface area contributed by atoms with Crippen LogP contribution in [0.2, 0.25) is 0 Å². The van der Waals surface area contributed by atoms with E-state index in [0.717, 1.165) is 0 Å². The van der Waals surface area contributed by atoms with Crippen molar-refractivity contribution in [3.05, 3.63) is 0 Å². The number of rotatable bonds is 8. The second-order valence-corrected chi connectivity index (χ2v) is 7.45. The second kappa shape index (κ2) is 9.33. The lowest BCUT2D eigenvalue weighted by molar-refractivity contribution is 0.00649. The van der Waals surface area contributed by atoms with Crippen LogP contribution in [0.3, 0.4) is 0 Å². The maximum absolute atomic E-state index is 12.3. The fourth-order valence-corrected chi connectivity index (χ4v) is 1.88. The molecule has 0 spiro atoms. The highest BCUT2D eigenvalue weighted by Gasteiger charge is 2.30. The average molecular weight is 318 g/mol.